The minimum atomic E-state index is -0.960. The van der Waals surface area contributed by atoms with Crippen molar-refractivity contribution < 1.29 is 9.90 Å². The Balaban J connectivity index is 2.26. The summed E-state index contributed by atoms with van der Waals surface area (Å²) in [5.41, 5.74) is -0.673. The molecular formula is C14H17N3O2. The largest absolute Gasteiger partial charge is 0.480 e. The maximum absolute atomic E-state index is 11.6. The number of nitriles is 1. The number of anilines is 1. The first-order valence-electron chi connectivity index (χ1n) is 6.44. The van der Waals surface area contributed by atoms with E-state index in [4.69, 9.17) is 5.26 Å². The number of pyridine rings is 1. The molecule has 0 spiro atoms. The number of hydrogen-bond acceptors (Lipinski definition) is 4. The monoisotopic (exact) mass is 259 g/mol. The number of hydrogen-bond donors (Lipinski definition) is 2. The average Bonchev–Trinajstić information content (AvgIpc) is 2.38. The zero-order valence-electron chi connectivity index (χ0n) is 10.9. The van der Waals surface area contributed by atoms with Gasteiger partial charge in [0.25, 0.3) is 0 Å². The third-order valence-corrected chi connectivity index (χ3v) is 3.64. The highest BCUT2D eigenvalue weighted by atomic mass is 16.4. The molecule has 2 atom stereocenters. The molecule has 2 unspecified atom stereocenters. The van der Waals surface area contributed by atoms with Crippen LogP contribution in [0.3, 0.4) is 0 Å². The second kappa shape index (κ2) is 5.27. The fourth-order valence-corrected chi connectivity index (χ4v) is 2.72. The molecule has 0 aromatic carbocycles. The first-order valence-corrected chi connectivity index (χ1v) is 6.44. The van der Waals surface area contributed by atoms with Crippen LogP contribution < -0.4 is 5.32 Å². The van der Waals surface area contributed by atoms with Gasteiger partial charge in [-0.1, -0.05) is 25.8 Å². The van der Waals surface area contributed by atoms with E-state index in [1.807, 2.05) is 6.07 Å². The van der Waals surface area contributed by atoms with Gasteiger partial charge in [-0.3, -0.25) is 0 Å². The van der Waals surface area contributed by atoms with Gasteiger partial charge in [0.15, 0.2) is 0 Å². The van der Waals surface area contributed by atoms with Crippen LogP contribution in [0.2, 0.25) is 0 Å². The van der Waals surface area contributed by atoms with Crippen LogP contribution in [0.4, 0.5) is 5.82 Å². The predicted molar refractivity (Wildman–Crippen MR) is 70.6 cm³/mol. The normalized spacial score (nSPS) is 26.4. The Bertz CT molecular complexity index is 524. The zero-order valence-corrected chi connectivity index (χ0v) is 10.9. The number of carboxylic acid groups (broad SMARTS) is 1. The Labute approximate surface area is 112 Å². The number of carboxylic acids is 1. The van der Waals surface area contributed by atoms with Crippen LogP contribution in [0.25, 0.3) is 0 Å². The number of carbonyl (C=O) groups is 1. The molecule has 0 amide bonds. The number of nitrogens with zero attached hydrogens (tertiary/aromatic N) is 2. The fraction of sp³-hybridized carbons (Fsp3) is 0.500. The smallest absolute Gasteiger partial charge is 0.329 e. The number of rotatable bonds is 3. The van der Waals surface area contributed by atoms with E-state index in [0.717, 1.165) is 12.8 Å². The summed E-state index contributed by atoms with van der Waals surface area (Å²) in [5, 5.41) is 21.4. The van der Waals surface area contributed by atoms with Gasteiger partial charge in [-0.15, -0.1) is 0 Å². The third-order valence-electron chi connectivity index (χ3n) is 3.64. The number of nitrogens with one attached hydrogen (secondary N) is 1. The molecule has 1 heterocycles. The van der Waals surface area contributed by atoms with Gasteiger partial charge in [-0.25, -0.2) is 9.78 Å². The molecule has 0 bridgehead atoms. The molecule has 1 aromatic rings. The van der Waals surface area contributed by atoms with E-state index in [1.165, 1.54) is 0 Å². The van der Waals surface area contributed by atoms with Crippen molar-refractivity contribution in [2.45, 2.75) is 38.1 Å². The van der Waals surface area contributed by atoms with Crippen LogP contribution in [-0.2, 0) is 4.79 Å². The highest BCUT2D eigenvalue weighted by Gasteiger charge is 2.42. The summed E-state index contributed by atoms with van der Waals surface area (Å²) in [4.78, 5) is 15.7. The van der Waals surface area contributed by atoms with Crippen LogP contribution in [0.1, 0.15) is 38.3 Å². The first kappa shape index (κ1) is 13.3. The second-order valence-corrected chi connectivity index (χ2v) is 5.23. The maximum atomic E-state index is 11.6. The van der Waals surface area contributed by atoms with Crippen LogP contribution in [-0.4, -0.2) is 21.6 Å². The summed E-state index contributed by atoms with van der Waals surface area (Å²) in [7, 11) is 0. The molecule has 5 heteroatoms. The van der Waals surface area contributed by atoms with Crippen LogP contribution in [0.15, 0.2) is 18.2 Å². The fourth-order valence-electron chi connectivity index (χ4n) is 2.72. The van der Waals surface area contributed by atoms with E-state index >= 15 is 0 Å². The van der Waals surface area contributed by atoms with Crippen molar-refractivity contribution in [1.82, 2.24) is 4.98 Å². The number of aliphatic carboxylic acids is 1. The lowest BCUT2D eigenvalue weighted by atomic mass is 9.76. The summed E-state index contributed by atoms with van der Waals surface area (Å²) < 4.78 is 0. The van der Waals surface area contributed by atoms with Crippen molar-refractivity contribution >= 4 is 11.8 Å². The minimum absolute atomic E-state index is 0.286. The van der Waals surface area contributed by atoms with Crippen molar-refractivity contribution in [3.05, 3.63) is 23.9 Å². The molecule has 1 aliphatic carbocycles. The van der Waals surface area contributed by atoms with E-state index in [2.05, 4.69) is 17.2 Å². The standard InChI is InChI=1S/C14H17N3O2/c1-10-4-3-7-14(8-10,13(18)19)17-12-6-2-5-11(9-15)16-12/h2,5-6,10H,3-4,7-8H2,1H3,(H,16,17)(H,18,19). The lowest BCUT2D eigenvalue weighted by Crippen LogP contribution is -2.49. The highest BCUT2D eigenvalue weighted by molar-refractivity contribution is 5.82. The SMILES string of the molecule is CC1CCCC(Nc2cccc(C#N)n2)(C(=O)O)C1. The van der Waals surface area contributed by atoms with Gasteiger partial charge < -0.3 is 10.4 Å². The molecule has 1 saturated carbocycles. The Hall–Kier alpha value is -2.09. The summed E-state index contributed by atoms with van der Waals surface area (Å²) in [6.07, 6.45) is 3.12. The van der Waals surface area contributed by atoms with Gasteiger partial charge >= 0.3 is 5.97 Å². The van der Waals surface area contributed by atoms with Crippen LogP contribution >= 0.6 is 0 Å². The van der Waals surface area contributed by atoms with Gasteiger partial charge in [0.1, 0.15) is 23.1 Å². The first-order chi connectivity index (χ1) is 9.05. The summed E-state index contributed by atoms with van der Waals surface area (Å²) in [6.45, 7) is 2.07. The van der Waals surface area contributed by atoms with Crippen molar-refractivity contribution in [3.63, 3.8) is 0 Å². The molecule has 2 rings (SSSR count). The lowest BCUT2D eigenvalue weighted by molar-refractivity contribution is -0.144. The molecule has 1 aliphatic rings. The minimum Gasteiger partial charge on any atom is -0.480 e. The van der Waals surface area contributed by atoms with Gasteiger partial charge in [-0.05, 0) is 30.9 Å². The quantitative estimate of drug-likeness (QED) is 0.870. The van der Waals surface area contributed by atoms with Gasteiger partial charge in [0.05, 0.1) is 0 Å². The summed E-state index contributed by atoms with van der Waals surface area (Å²) >= 11 is 0. The third kappa shape index (κ3) is 2.84. The van der Waals surface area contributed by atoms with E-state index in [0.29, 0.717) is 24.6 Å². The highest BCUT2D eigenvalue weighted by Crippen LogP contribution is 2.35. The van der Waals surface area contributed by atoms with E-state index in [9.17, 15) is 9.90 Å². The molecule has 100 valence electrons. The van der Waals surface area contributed by atoms with E-state index < -0.39 is 11.5 Å². The molecule has 1 fully saturated rings. The molecule has 5 nitrogen and oxygen atoms in total. The molecule has 0 radical (unpaired) electrons. The van der Waals surface area contributed by atoms with E-state index in [1.54, 1.807) is 18.2 Å². The van der Waals surface area contributed by atoms with Crippen LogP contribution in [0, 0.1) is 17.2 Å². The lowest BCUT2D eigenvalue weighted by Gasteiger charge is -2.37. The van der Waals surface area contributed by atoms with Gasteiger partial charge in [0.2, 0.25) is 0 Å². The average molecular weight is 259 g/mol. The Kier molecular flexibility index (Phi) is 3.70. The summed E-state index contributed by atoms with van der Waals surface area (Å²) in [6, 6.07) is 6.96. The van der Waals surface area contributed by atoms with Crippen molar-refractivity contribution in [2.75, 3.05) is 5.32 Å². The molecule has 19 heavy (non-hydrogen) atoms. The molecule has 2 N–H and O–H groups in total. The van der Waals surface area contributed by atoms with Crippen LogP contribution in [0.5, 0.6) is 0 Å². The molecule has 1 aromatic heterocycles. The maximum Gasteiger partial charge on any atom is 0.329 e. The van der Waals surface area contributed by atoms with Crippen molar-refractivity contribution in [2.24, 2.45) is 5.92 Å². The molecular weight excluding hydrogens is 242 g/mol. The van der Waals surface area contributed by atoms with Gasteiger partial charge in [0, 0.05) is 0 Å². The Morgan fingerprint density at radius 1 is 1.63 bits per heavy atom. The van der Waals surface area contributed by atoms with Gasteiger partial charge in [-0.2, -0.15) is 5.26 Å². The second-order valence-electron chi connectivity index (χ2n) is 5.23. The van der Waals surface area contributed by atoms with Crippen molar-refractivity contribution in [3.8, 4) is 6.07 Å². The Morgan fingerprint density at radius 2 is 2.42 bits per heavy atom. The molecule has 0 saturated heterocycles. The Morgan fingerprint density at radius 3 is 3.05 bits per heavy atom. The zero-order chi connectivity index (χ0) is 13.9. The summed E-state index contributed by atoms with van der Waals surface area (Å²) in [5.74, 6) is -0.0183. The predicted octanol–water partition coefficient (Wildman–Crippen LogP) is 2.40. The van der Waals surface area contributed by atoms with E-state index in [-0.39, 0.29) is 5.69 Å². The number of aromatic nitrogens is 1. The molecule has 0 aliphatic heterocycles. The van der Waals surface area contributed by atoms with Crippen molar-refractivity contribution in [1.29, 1.82) is 5.26 Å². The topological polar surface area (TPSA) is 86.0 Å².